The van der Waals surface area contributed by atoms with Gasteiger partial charge in [0.25, 0.3) is 10.0 Å². The van der Waals surface area contributed by atoms with Crippen LogP contribution in [0.15, 0.2) is 52.2 Å². The molecule has 132 valence electrons. The summed E-state index contributed by atoms with van der Waals surface area (Å²) in [7, 11) is -3.71. The normalized spacial score (nSPS) is 11.6. The van der Waals surface area contributed by atoms with E-state index >= 15 is 0 Å². The van der Waals surface area contributed by atoms with Gasteiger partial charge in [-0.3, -0.25) is 14.1 Å². The monoisotopic (exact) mass is 378 g/mol. The van der Waals surface area contributed by atoms with Crippen molar-refractivity contribution in [2.24, 2.45) is 0 Å². The minimum atomic E-state index is -3.71. The number of nitrogens with one attached hydrogen (secondary N) is 1. The van der Waals surface area contributed by atoms with Crippen LogP contribution in [0.1, 0.15) is 13.8 Å². The van der Waals surface area contributed by atoms with Gasteiger partial charge in [0, 0.05) is 6.54 Å². The van der Waals surface area contributed by atoms with Gasteiger partial charge in [-0.2, -0.15) is 0 Å². The fraction of sp³-hybridized carbons (Fsp3) is 0.235. The number of hydrogen-bond acceptors (Lipinski definition) is 5. The highest BCUT2D eigenvalue weighted by Gasteiger charge is 2.15. The summed E-state index contributed by atoms with van der Waals surface area (Å²) in [6.07, 6.45) is 0. The van der Waals surface area contributed by atoms with Gasteiger partial charge in [-0.15, -0.1) is 0 Å². The zero-order valence-corrected chi connectivity index (χ0v) is 15.5. The lowest BCUT2D eigenvalue weighted by atomic mass is 10.3. The number of benzene rings is 2. The topological polar surface area (TPSA) is 77.4 Å². The molecule has 0 saturated heterocycles. The van der Waals surface area contributed by atoms with Crippen LogP contribution in [-0.4, -0.2) is 19.6 Å². The predicted octanol–water partition coefficient (Wildman–Crippen LogP) is 3.28. The molecule has 0 fully saturated rings. The number of nitrogens with zero attached hydrogens (tertiary/aromatic N) is 1. The fourth-order valence-corrected chi connectivity index (χ4v) is 4.57. The van der Waals surface area contributed by atoms with Crippen molar-refractivity contribution in [3.05, 3.63) is 52.1 Å². The van der Waals surface area contributed by atoms with Gasteiger partial charge in [0.2, 0.25) is 0 Å². The van der Waals surface area contributed by atoms with Gasteiger partial charge in [-0.25, -0.2) is 8.42 Å². The van der Waals surface area contributed by atoms with Crippen molar-refractivity contribution in [1.82, 2.24) is 4.57 Å². The molecule has 3 rings (SSSR count). The Morgan fingerprint density at radius 3 is 2.48 bits per heavy atom. The quantitative estimate of drug-likeness (QED) is 0.714. The maximum absolute atomic E-state index is 12.5. The van der Waals surface area contributed by atoms with Crippen molar-refractivity contribution >= 4 is 37.3 Å². The third-order valence-corrected chi connectivity index (χ3v) is 6.02. The minimum Gasteiger partial charge on any atom is -0.494 e. The van der Waals surface area contributed by atoms with Crippen LogP contribution >= 0.6 is 11.3 Å². The molecule has 25 heavy (non-hydrogen) atoms. The maximum Gasteiger partial charge on any atom is 0.308 e. The molecular weight excluding hydrogens is 360 g/mol. The fourth-order valence-electron chi connectivity index (χ4n) is 2.53. The van der Waals surface area contributed by atoms with Gasteiger partial charge in [-0.1, -0.05) is 11.3 Å². The molecule has 0 aliphatic rings. The molecule has 2 aromatic carbocycles. The third kappa shape index (κ3) is 3.54. The Kier molecular flexibility index (Phi) is 4.82. The number of sulfonamides is 1. The Balaban J connectivity index is 1.90. The summed E-state index contributed by atoms with van der Waals surface area (Å²) in [4.78, 5) is 12.0. The Hall–Kier alpha value is -2.32. The summed E-state index contributed by atoms with van der Waals surface area (Å²) >= 11 is 1.10. The summed E-state index contributed by atoms with van der Waals surface area (Å²) in [5, 5.41) is 0. The van der Waals surface area contributed by atoms with Gasteiger partial charge >= 0.3 is 4.87 Å². The lowest BCUT2D eigenvalue weighted by Gasteiger charge is -2.09. The first kappa shape index (κ1) is 17.5. The number of aromatic nitrogens is 1. The first-order valence-electron chi connectivity index (χ1n) is 7.83. The van der Waals surface area contributed by atoms with Crippen molar-refractivity contribution in [2.45, 2.75) is 25.3 Å². The van der Waals surface area contributed by atoms with E-state index in [1.165, 1.54) is 12.1 Å². The van der Waals surface area contributed by atoms with Crippen molar-refractivity contribution < 1.29 is 13.2 Å². The smallest absolute Gasteiger partial charge is 0.308 e. The predicted molar refractivity (Wildman–Crippen MR) is 100 cm³/mol. The van der Waals surface area contributed by atoms with Crippen molar-refractivity contribution in [2.75, 3.05) is 11.3 Å². The average Bonchev–Trinajstić information content (AvgIpc) is 2.89. The molecule has 0 saturated carbocycles. The van der Waals surface area contributed by atoms with Crippen LogP contribution in [0.3, 0.4) is 0 Å². The van der Waals surface area contributed by atoms with E-state index in [0.29, 0.717) is 24.6 Å². The number of anilines is 1. The Morgan fingerprint density at radius 1 is 1.12 bits per heavy atom. The Morgan fingerprint density at radius 2 is 1.84 bits per heavy atom. The third-order valence-electron chi connectivity index (χ3n) is 3.68. The summed E-state index contributed by atoms with van der Waals surface area (Å²) < 4.78 is 35.3. The lowest BCUT2D eigenvalue weighted by molar-refractivity contribution is 0.340. The number of hydrogen-bond donors (Lipinski definition) is 1. The van der Waals surface area contributed by atoms with Crippen LogP contribution in [0.5, 0.6) is 5.75 Å². The highest BCUT2D eigenvalue weighted by atomic mass is 32.2. The molecule has 0 aliphatic heterocycles. The summed E-state index contributed by atoms with van der Waals surface area (Å²) in [5.74, 6) is 0.619. The standard InChI is InChI=1S/C17H18N2O4S2/c1-3-19-15-10-5-12(11-16(15)24-17(19)20)18-25(21,22)14-8-6-13(7-9-14)23-4-2/h5-11,18H,3-4H2,1-2H3. The molecule has 8 heteroatoms. The number of aryl methyl sites for hydroxylation is 1. The SMILES string of the molecule is CCOc1ccc(S(=O)(=O)Nc2ccc3c(c2)sc(=O)n3CC)cc1. The van der Waals surface area contributed by atoms with Crippen molar-refractivity contribution in [3.63, 3.8) is 0 Å². The van der Waals surface area contributed by atoms with Crippen LogP contribution in [0, 0.1) is 0 Å². The molecule has 0 amide bonds. The van der Waals surface area contributed by atoms with Gasteiger partial charge in [0.05, 0.1) is 27.4 Å². The van der Waals surface area contributed by atoms with Crippen molar-refractivity contribution in [3.8, 4) is 5.75 Å². The van der Waals surface area contributed by atoms with Crippen LogP contribution in [0.4, 0.5) is 5.69 Å². The average molecular weight is 378 g/mol. The second-order valence-electron chi connectivity index (χ2n) is 5.30. The summed E-state index contributed by atoms with van der Waals surface area (Å²) in [6, 6.07) is 11.3. The van der Waals surface area contributed by atoms with Crippen LogP contribution in [-0.2, 0) is 16.6 Å². The van der Waals surface area contributed by atoms with E-state index in [4.69, 9.17) is 4.74 Å². The first-order valence-corrected chi connectivity index (χ1v) is 10.1. The molecule has 1 N–H and O–H groups in total. The first-order chi connectivity index (χ1) is 11.9. The molecule has 0 radical (unpaired) electrons. The molecule has 3 aromatic rings. The Labute approximate surface area is 149 Å². The van der Waals surface area contributed by atoms with E-state index in [2.05, 4.69) is 4.72 Å². The second-order valence-corrected chi connectivity index (χ2v) is 7.98. The van der Waals surface area contributed by atoms with Gasteiger partial charge in [0.15, 0.2) is 0 Å². The molecule has 0 unspecified atom stereocenters. The molecule has 6 nitrogen and oxygen atoms in total. The molecule has 0 aliphatic carbocycles. The van der Waals surface area contributed by atoms with E-state index < -0.39 is 10.0 Å². The number of ether oxygens (including phenoxy) is 1. The van der Waals surface area contributed by atoms with E-state index in [-0.39, 0.29) is 9.77 Å². The molecule has 0 spiro atoms. The molecular formula is C17H18N2O4S2. The summed E-state index contributed by atoms with van der Waals surface area (Å²) in [5.41, 5.74) is 1.23. The van der Waals surface area contributed by atoms with E-state index in [0.717, 1.165) is 21.6 Å². The van der Waals surface area contributed by atoms with Crippen LogP contribution in [0.2, 0.25) is 0 Å². The van der Waals surface area contributed by atoms with Gasteiger partial charge < -0.3 is 4.74 Å². The molecule has 0 bridgehead atoms. The number of thiazole rings is 1. The zero-order valence-electron chi connectivity index (χ0n) is 13.9. The number of fused-ring (bicyclic) bond motifs is 1. The van der Waals surface area contributed by atoms with Crippen molar-refractivity contribution in [1.29, 1.82) is 0 Å². The maximum atomic E-state index is 12.5. The van der Waals surface area contributed by atoms with Crippen LogP contribution < -0.4 is 14.3 Å². The second kappa shape index (κ2) is 6.89. The van der Waals surface area contributed by atoms with Crippen LogP contribution in [0.25, 0.3) is 10.2 Å². The van der Waals surface area contributed by atoms with Gasteiger partial charge in [0.1, 0.15) is 5.75 Å². The Bertz CT molecular complexity index is 1050. The molecule has 1 aromatic heterocycles. The zero-order chi connectivity index (χ0) is 18.0. The van der Waals surface area contributed by atoms with Gasteiger partial charge in [-0.05, 0) is 56.3 Å². The van der Waals surface area contributed by atoms with E-state index in [1.807, 2.05) is 13.8 Å². The lowest BCUT2D eigenvalue weighted by Crippen LogP contribution is -2.13. The molecule has 1 heterocycles. The minimum absolute atomic E-state index is 0.0518. The number of rotatable bonds is 6. The highest BCUT2D eigenvalue weighted by molar-refractivity contribution is 7.92. The summed E-state index contributed by atoms with van der Waals surface area (Å²) in [6.45, 7) is 4.86. The molecule has 0 atom stereocenters. The van der Waals surface area contributed by atoms with E-state index in [9.17, 15) is 13.2 Å². The largest absolute Gasteiger partial charge is 0.494 e. The van der Waals surface area contributed by atoms with E-state index in [1.54, 1.807) is 34.9 Å². The highest BCUT2D eigenvalue weighted by Crippen LogP contribution is 2.24.